The monoisotopic (exact) mass is 556 g/mol. The van der Waals surface area contributed by atoms with Gasteiger partial charge in [-0.1, -0.05) is 146 Å². The van der Waals surface area contributed by atoms with Gasteiger partial charge in [-0.05, 0) is 112 Å². The van der Waals surface area contributed by atoms with E-state index in [9.17, 15) is 0 Å². The molecule has 0 aliphatic heterocycles. The van der Waals surface area contributed by atoms with Crippen molar-refractivity contribution in [1.29, 1.82) is 0 Å². The smallest absolute Gasteiger partial charge is 0.00139 e. The molecule has 204 valence electrons. The van der Waals surface area contributed by atoms with Crippen LogP contribution in [0.2, 0.25) is 0 Å². The van der Waals surface area contributed by atoms with Crippen LogP contribution in [0.25, 0.3) is 87.2 Å². The van der Waals surface area contributed by atoms with Crippen molar-refractivity contribution < 1.29 is 0 Å². The summed E-state index contributed by atoms with van der Waals surface area (Å²) in [5, 5.41) is 13.1. The van der Waals surface area contributed by atoms with Crippen LogP contribution in [0, 0.1) is 0 Å². The van der Waals surface area contributed by atoms with Crippen LogP contribution in [0.15, 0.2) is 170 Å². The lowest BCUT2D eigenvalue weighted by molar-refractivity contribution is 1.57. The first-order valence-electron chi connectivity index (χ1n) is 15.3. The molecule has 0 heteroatoms. The fraction of sp³-hybridized carbons (Fsp3) is 0. The zero-order chi connectivity index (χ0) is 29.0. The summed E-state index contributed by atoms with van der Waals surface area (Å²) in [6.45, 7) is 0. The van der Waals surface area contributed by atoms with Gasteiger partial charge in [0.25, 0.3) is 0 Å². The van der Waals surface area contributed by atoms with Gasteiger partial charge in [0.15, 0.2) is 0 Å². The van der Waals surface area contributed by atoms with Gasteiger partial charge in [-0.3, -0.25) is 0 Å². The van der Waals surface area contributed by atoms with Crippen LogP contribution in [0.5, 0.6) is 0 Å². The van der Waals surface area contributed by atoms with E-state index >= 15 is 0 Å². The standard InChI is InChI=1S/C44H28/c1-3-13-29(14-4-1)32-25-33(30-15-5-2-6-16-30)27-34(26-32)31-23-24-41-42(28-31)37-19-9-12-22-40(37)43-38-20-10-7-17-35(38)36-18-8-11-21-39(36)44(41)43/h1-28H. The van der Waals surface area contributed by atoms with Gasteiger partial charge in [0.2, 0.25) is 0 Å². The average molecular weight is 557 g/mol. The molecule has 9 rings (SSSR count). The molecule has 0 atom stereocenters. The normalized spacial score (nSPS) is 11.6. The van der Waals surface area contributed by atoms with E-state index in [-0.39, 0.29) is 0 Å². The van der Waals surface area contributed by atoms with Crippen LogP contribution in [0.3, 0.4) is 0 Å². The van der Waals surface area contributed by atoms with Gasteiger partial charge in [-0.15, -0.1) is 0 Å². The van der Waals surface area contributed by atoms with Crippen LogP contribution < -0.4 is 0 Å². The van der Waals surface area contributed by atoms with Gasteiger partial charge in [-0.25, -0.2) is 0 Å². The van der Waals surface area contributed by atoms with Gasteiger partial charge in [0.05, 0.1) is 0 Å². The van der Waals surface area contributed by atoms with Crippen LogP contribution in [-0.2, 0) is 0 Å². The van der Waals surface area contributed by atoms with Gasteiger partial charge in [-0.2, -0.15) is 0 Å². The first kappa shape index (κ1) is 24.8. The van der Waals surface area contributed by atoms with Crippen molar-refractivity contribution in [3.63, 3.8) is 0 Å². The zero-order valence-corrected chi connectivity index (χ0v) is 24.2. The van der Waals surface area contributed by atoms with Crippen molar-refractivity contribution >= 4 is 53.9 Å². The first-order chi connectivity index (χ1) is 21.8. The van der Waals surface area contributed by atoms with E-state index in [2.05, 4.69) is 170 Å². The summed E-state index contributed by atoms with van der Waals surface area (Å²) in [6, 6.07) is 62.2. The van der Waals surface area contributed by atoms with E-state index in [0.717, 1.165) is 0 Å². The van der Waals surface area contributed by atoms with Crippen LogP contribution >= 0.6 is 0 Å². The van der Waals surface area contributed by atoms with Crippen LogP contribution in [0.4, 0.5) is 0 Å². The second-order valence-electron chi connectivity index (χ2n) is 11.7. The molecular weight excluding hydrogens is 528 g/mol. The molecule has 0 bridgehead atoms. The Labute approximate surface area is 256 Å². The quantitative estimate of drug-likeness (QED) is 0.190. The van der Waals surface area contributed by atoms with E-state index in [1.165, 1.54) is 87.2 Å². The molecule has 0 saturated carbocycles. The molecule has 0 amide bonds. The molecule has 0 aliphatic rings. The summed E-state index contributed by atoms with van der Waals surface area (Å²) in [7, 11) is 0. The molecule has 0 fully saturated rings. The Hall–Kier alpha value is -5.72. The third-order valence-electron chi connectivity index (χ3n) is 9.19. The number of rotatable bonds is 3. The Morgan fingerprint density at radius 3 is 0.977 bits per heavy atom. The number of fused-ring (bicyclic) bond motifs is 11. The Morgan fingerprint density at radius 2 is 0.523 bits per heavy atom. The predicted octanol–water partition coefficient (Wildman–Crippen LogP) is 12.5. The molecule has 9 aromatic rings. The fourth-order valence-corrected chi connectivity index (χ4v) is 7.19. The third kappa shape index (κ3) is 3.85. The van der Waals surface area contributed by atoms with Gasteiger partial charge < -0.3 is 0 Å². The Kier molecular flexibility index (Phi) is 5.61. The number of hydrogen-bond donors (Lipinski definition) is 0. The highest BCUT2D eigenvalue weighted by atomic mass is 14.2. The molecule has 0 aromatic heterocycles. The highest BCUT2D eigenvalue weighted by Gasteiger charge is 2.16. The lowest BCUT2D eigenvalue weighted by atomic mass is 9.86. The van der Waals surface area contributed by atoms with Crippen molar-refractivity contribution in [3.8, 4) is 33.4 Å². The van der Waals surface area contributed by atoms with E-state index in [0.29, 0.717) is 0 Å². The molecule has 9 aromatic carbocycles. The molecule has 0 nitrogen and oxygen atoms in total. The van der Waals surface area contributed by atoms with E-state index in [4.69, 9.17) is 0 Å². The molecule has 0 N–H and O–H groups in total. The summed E-state index contributed by atoms with van der Waals surface area (Å²) in [6.07, 6.45) is 0. The van der Waals surface area contributed by atoms with Crippen molar-refractivity contribution in [3.05, 3.63) is 170 Å². The largest absolute Gasteiger partial charge is 0.0622 e. The second-order valence-corrected chi connectivity index (χ2v) is 11.7. The summed E-state index contributed by atoms with van der Waals surface area (Å²) in [4.78, 5) is 0. The predicted molar refractivity (Wildman–Crippen MR) is 190 cm³/mol. The van der Waals surface area contributed by atoms with Gasteiger partial charge >= 0.3 is 0 Å². The summed E-state index contributed by atoms with van der Waals surface area (Å²) in [5.74, 6) is 0. The van der Waals surface area contributed by atoms with Crippen molar-refractivity contribution in [2.24, 2.45) is 0 Å². The maximum absolute atomic E-state index is 2.42. The van der Waals surface area contributed by atoms with Crippen molar-refractivity contribution in [1.82, 2.24) is 0 Å². The molecule has 44 heavy (non-hydrogen) atoms. The topological polar surface area (TPSA) is 0 Å². The third-order valence-corrected chi connectivity index (χ3v) is 9.19. The highest BCUT2D eigenvalue weighted by molar-refractivity contribution is 6.39. The Balaban J connectivity index is 1.38. The number of benzene rings is 9. The van der Waals surface area contributed by atoms with Crippen LogP contribution in [0.1, 0.15) is 0 Å². The summed E-state index contributed by atoms with van der Waals surface area (Å²) in [5.41, 5.74) is 7.34. The molecule has 0 heterocycles. The SMILES string of the molecule is c1ccc(-c2cc(-c3ccccc3)cc(-c3ccc4c(c3)c3ccccc3c3c5ccccc5c5ccccc5c43)c2)cc1. The Bertz CT molecular complexity index is 2460. The minimum absolute atomic E-state index is 1.22. The minimum Gasteiger partial charge on any atom is -0.0622 e. The lowest BCUT2D eigenvalue weighted by Crippen LogP contribution is -1.90. The van der Waals surface area contributed by atoms with E-state index < -0.39 is 0 Å². The second kappa shape index (κ2) is 9.93. The molecule has 0 saturated heterocycles. The van der Waals surface area contributed by atoms with Crippen LogP contribution in [-0.4, -0.2) is 0 Å². The number of hydrogen-bond acceptors (Lipinski definition) is 0. The zero-order valence-electron chi connectivity index (χ0n) is 24.2. The average Bonchev–Trinajstić information content (AvgIpc) is 3.12. The van der Waals surface area contributed by atoms with Crippen molar-refractivity contribution in [2.75, 3.05) is 0 Å². The summed E-state index contributed by atoms with van der Waals surface area (Å²) < 4.78 is 0. The molecule has 0 unspecified atom stereocenters. The molecule has 0 spiro atoms. The van der Waals surface area contributed by atoms with Crippen molar-refractivity contribution in [2.45, 2.75) is 0 Å². The fourth-order valence-electron chi connectivity index (χ4n) is 7.19. The summed E-state index contributed by atoms with van der Waals surface area (Å²) >= 11 is 0. The molecule has 0 radical (unpaired) electrons. The van der Waals surface area contributed by atoms with E-state index in [1.54, 1.807) is 0 Å². The van der Waals surface area contributed by atoms with Gasteiger partial charge in [0, 0.05) is 0 Å². The first-order valence-corrected chi connectivity index (χ1v) is 15.3. The lowest BCUT2D eigenvalue weighted by Gasteiger charge is -2.17. The minimum atomic E-state index is 1.22. The van der Waals surface area contributed by atoms with E-state index in [1.807, 2.05) is 0 Å². The maximum Gasteiger partial charge on any atom is -0.00139 e. The molecular formula is C44H28. The maximum atomic E-state index is 2.42. The molecule has 0 aliphatic carbocycles. The Morgan fingerprint density at radius 1 is 0.182 bits per heavy atom. The van der Waals surface area contributed by atoms with Gasteiger partial charge in [0.1, 0.15) is 0 Å². The highest BCUT2D eigenvalue weighted by Crippen LogP contribution is 2.45.